The molecule has 3 nitrogen and oxygen atoms in total. The van der Waals surface area contributed by atoms with Crippen LogP contribution >= 0.6 is 0 Å². The van der Waals surface area contributed by atoms with Crippen LogP contribution in [0.1, 0.15) is 32.0 Å². The summed E-state index contributed by atoms with van der Waals surface area (Å²) >= 11 is 0. The fraction of sp³-hybridized carbons (Fsp3) is 0.500. The van der Waals surface area contributed by atoms with Gasteiger partial charge in [-0.15, -0.1) is 0 Å². The third-order valence-corrected chi connectivity index (χ3v) is 2.23. The lowest BCUT2D eigenvalue weighted by atomic mass is 9.88. The molecule has 0 amide bonds. The summed E-state index contributed by atoms with van der Waals surface area (Å²) in [6.45, 7) is 6.20. The number of hydrogen-bond acceptors (Lipinski definition) is 3. The van der Waals surface area contributed by atoms with Gasteiger partial charge in [-0.25, -0.2) is 0 Å². The second-order valence-corrected chi connectivity index (χ2v) is 4.81. The van der Waals surface area contributed by atoms with Crippen molar-refractivity contribution in [2.75, 3.05) is 19.0 Å². The number of nitrogens with zero attached hydrogens (tertiary/aromatic N) is 3. The van der Waals surface area contributed by atoms with E-state index in [9.17, 15) is 5.26 Å². The second-order valence-electron chi connectivity index (χ2n) is 4.81. The maximum absolute atomic E-state index is 9.19. The molecule has 1 rings (SSSR count). The van der Waals surface area contributed by atoms with Gasteiger partial charge in [-0.2, -0.15) is 5.26 Å². The van der Waals surface area contributed by atoms with Crippen molar-refractivity contribution in [1.82, 2.24) is 4.98 Å². The molecule has 1 heterocycles. The van der Waals surface area contributed by atoms with Crippen LogP contribution in [0.4, 0.5) is 5.69 Å². The number of aromatic nitrogens is 1. The van der Waals surface area contributed by atoms with Crippen molar-refractivity contribution in [2.45, 2.75) is 26.2 Å². The van der Waals surface area contributed by atoms with Crippen molar-refractivity contribution < 1.29 is 0 Å². The van der Waals surface area contributed by atoms with Gasteiger partial charge in [-0.1, -0.05) is 20.8 Å². The summed E-state index contributed by atoms with van der Waals surface area (Å²) in [5.41, 5.74) is 2.36. The maximum atomic E-state index is 9.19. The molecule has 80 valence electrons. The fourth-order valence-electron chi connectivity index (χ4n) is 1.50. The van der Waals surface area contributed by atoms with Crippen molar-refractivity contribution in [3.63, 3.8) is 0 Å². The van der Waals surface area contributed by atoms with Crippen LogP contribution in [-0.2, 0) is 5.41 Å². The van der Waals surface area contributed by atoms with Gasteiger partial charge in [-0.3, -0.25) is 4.98 Å². The van der Waals surface area contributed by atoms with Gasteiger partial charge < -0.3 is 4.90 Å². The summed E-state index contributed by atoms with van der Waals surface area (Å²) in [5, 5.41) is 9.19. The molecule has 0 aliphatic heterocycles. The lowest BCUT2D eigenvalue weighted by Crippen LogP contribution is -2.19. The van der Waals surface area contributed by atoms with E-state index in [-0.39, 0.29) is 5.41 Å². The van der Waals surface area contributed by atoms with E-state index in [1.54, 1.807) is 6.20 Å². The lowest BCUT2D eigenvalue weighted by molar-refractivity contribution is 0.567. The first-order valence-corrected chi connectivity index (χ1v) is 4.95. The number of hydrogen-bond donors (Lipinski definition) is 0. The van der Waals surface area contributed by atoms with Gasteiger partial charge in [-0.05, 0) is 6.07 Å². The Morgan fingerprint density at radius 2 is 1.93 bits per heavy atom. The van der Waals surface area contributed by atoms with Crippen molar-refractivity contribution in [3.8, 4) is 6.07 Å². The second kappa shape index (κ2) is 3.90. The largest absolute Gasteiger partial charge is 0.376 e. The number of anilines is 1. The normalized spacial score (nSPS) is 10.9. The Hall–Kier alpha value is -1.56. The van der Waals surface area contributed by atoms with Gasteiger partial charge in [0.2, 0.25) is 0 Å². The summed E-state index contributed by atoms with van der Waals surface area (Å²) in [6.07, 6.45) is 1.76. The summed E-state index contributed by atoms with van der Waals surface area (Å²) in [6, 6.07) is 4.12. The lowest BCUT2D eigenvalue weighted by Gasteiger charge is -2.22. The maximum Gasteiger partial charge on any atom is 0.103 e. The van der Waals surface area contributed by atoms with Gasteiger partial charge in [0.05, 0.1) is 16.9 Å². The SMILES string of the molecule is CN(C)c1ccnc(C(C)(C)C)c1C#N. The first-order valence-electron chi connectivity index (χ1n) is 4.95. The first kappa shape index (κ1) is 11.5. The number of nitriles is 1. The number of rotatable bonds is 1. The van der Waals surface area contributed by atoms with Crippen LogP contribution in [0.25, 0.3) is 0 Å². The molecule has 0 aromatic carbocycles. The van der Waals surface area contributed by atoms with Gasteiger partial charge in [0.25, 0.3) is 0 Å². The van der Waals surface area contributed by atoms with Crippen LogP contribution < -0.4 is 4.90 Å². The summed E-state index contributed by atoms with van der Waals surface area (Å²) in [4.78, 5) is 6.25. The van der Waals surface area contributed by atoms with E-state index < -0.39 is 0 Å². The van der Waals surface area contributed by atoms with E-state index >= 15 is 0 Å². The minimum Gasteiger partial charge on any atom is -0.376 e. The molecule has 0 radical (unpaired) electrons. The predicted octanol–water partition coefficient (Wildman–Crippen LogP) is 2.32. The molecule has 0 N–H and O–H groups in total. The van der Waals surface area contributed by atoms with Crippen molar-refractivity contribution in [3.05, 3.63) is 23.5 Å². The average Bonchev–Trinajstić information content (AvgIpc) is 2.15. The minimum atomic E-state index is -0.100. The quantitative estimate of drug-likeness (QED) is 0.703. The Morgan fingerprint density at radius 1 is 1.33 bits per heavy atom. The van der Waals surface area contributed by atoms with Gasteiger partial charge >= 0.3 is 0 Å². The zero-order valence-corrected chi connectivity index (χ0v) is 10.00. The Bertz CT molecular complexity index is 394. The molecule has 1 aromatic heterocycles. The molecule has 0 unspecified atom stereocenters. The van der Waals surface area contributed by atoms with Gasteiger partial charge in [0, 0.05) is 25.7 Å². The molecule has 0 aliphatic rings. The van der Waals surface area contributed by atoms with Crippen LogP contribution in [0.3, 0.4) is 0 Å². The van der Waals surface area contributed by atoms with Crippen LogP contribution in [0.2, 0.25) is 0 Å². The molecule has 1 aromatic rings. The highest BCUT2D eigenvalue weighted by atomic mass is 15.1. The van der Waals surface area contributed by atoms with Crippen LogP contribution in [0.5, 0.6) is 0 Å². The molecule has 0 fully saturated rings. The van der Waals surface area contributed by atoms with E-state index in [0.717, 1.165) is 11.4 Å². The average molecular weight is 203 g/mol. The Morgan fingerprint density at radius 3 is 2.33 bits per heavy atom. The van der Waals surface area contributed by atoms with E-state index in [1.165, 1.54) is 0 Å². The van der Waals surface area contributed by atoms with E-state index in [0.29, 0.717) is 5.56 Å². The standard InChI is InChI=1S/C12H17N3/c1-12(2,3)11-9(8-13)10(15(4)5)6-7-14-11/h6-7H,1-5H3. The van der Waals surface area contributed by atoms with Gasteiger partial charge in [0.1, 0.15) is 6.07 Å². The Labute approximate surface area is 91.4 Å². The minimum absolute atomic E-state index is 0.100. The molecular weight excluding hydrogens is 186 g/mol. The molecule has 0 aliphatic carbocycles. The summed E-state index contributed by atoms with van der Waals surface area (Å²) < 4.78 is 0. The smallest absolute Gasteiger partial charge is 0.103 e. The molecule has 0 saturated carbocycles. The van der Waals surface area contributed by atoms with Crippen LogP contribution in [-0.4, -0.2) is 19.1 Å². The van der Waals surface area contributed by atoms with Crippen LogP contribution in [0, 0.1) is 11.3 Å². The number of pyridine rings is 1. The fourth-order valence-corrected chi connectivity index (χ4v) is 1.50. The highest BCUT2D eigenvalue weighted by Crippen LogP contribution is 2.28. The highest BCUT2D eigenvalue weighted by molar-refractivity contribution is 5.60. The van der Waals surface area contributed by atoms with Crippen LogP contribution in [0.15, 0.2) is 12.3 Å². The monoisotopic (exact) mass is 203 g/mol. The predicted molar refractivity (Wildman–Crippen MR) is 62.0 cm³/mol. The Kier molecular flexibility index (Phi) is 2.99. The van der Waals surface area contributed by atoms with E-state index in [2.05, 4.69) is 31.8 Å². The van der Waals surface area contributed by atoms with Crippen molar-refractivity contribution >= 4 is 5.69 Å². The zero-order valence-electron chi connectivity index (χ0n) is 10.00. The molecular formula is C12H17N3. The third kappa shape index (κ3) is 2.27. The third-order valence-electron chi connectivity index (χ3n) is 2.23. The first-order chi connectivity index (χ1) is 6.88. The zero-order chi connectivity index (χ0) is 11.6. The molecule has 0 saturated heterocycles. The summed E-state index contributed by atoms with van der Waals surface area (Å²) in [7, 11) is 3.87. The van der Waals surface area contributed by atoms with Crippen molar-refractivity contribution in [1.29, 1.82) is 5.26 Å². The van der Waals surface area contributed by atoms with Gasteiger partial charge in [0.15, 0.2) is 0 Å². The Balaban J connectivity index is 3.44. The van der Waals surface area contributed by atoms with E-state index in [1.807, 2.05) is 25.1 Å². The molecule has 0 atom stereocenters. The topological polar surface area (TPSA) is 39.9 Å². The molecule has 15 heavy (non-hydrogen) atoms. The molecule has 0 bridgehead atoms. The summed E-state index contributed by atoms with van der Waals surface area (Å²) in [5.74, 6) is 0. The van der Waals surface area contributed by atoms with Crippen molar-refractivity contribution in [2.24, 2.45) is 0 Å². The molecule has 3 heteroatoms. The van der Waals surface area contributed by atoms with E-state index in [4.69, 9.17) is 0 Å². The highest BCUT2D eigenvalue weighted by Gasteiger charge is 2.22. The molecule has 0 spiro atoms.